The molecule has 1 atom stereocenters. The molecular weight excluding hydrogens is 242 g/mol. The standard InChI is InChI=1S/C10H17N3O3S/c1-8-6-11-12-9(8)10(2)7-13(4-5-16-10)17(3,14)15/h6H,4-5,7H2,1-3H3,(H,11,12)/t10-/m0/s1. The van der Waals surface area contributed by atoms with E-state index in [1.165, 1.54) is 10.6 Å². The third-order valence-corrected chi connectivity index (χ3v) is 4.32. The Balaban J connectivity index is 2.30. The molecule has 0 saturated carbocycles. The Hall–Kier alpha value is -0.920. The van der Waals surface area contributed by atoms with E-state index >= 15 is 0 Å². The number of rotatable bonds is 2. The number of aryl methyl sites for hydroxylation is 1. The van der Waals surface area contributed by atoms with Gasteiger partial charge in [0, 0.05) is 13.1 Å². The molecule has 0 aromatic carbocycles. The summed E-state index contributed by atoms with van der Waals surface area (Å²) in [5.41, 5.74) is 1.16. The fourth-order valence-electron chi connectivity index (χ4n) is 2.15. The Bertz CT molecular complexity index is 511. The van der Waals surface area contributed by atoms with Crippen LogP contribution >= 0.6 is 0 Å². The van der Waals surface area contributed by atoms with Gasteiger partial charge >= 0.3 is 0 Å². The molecule has 1 aromatic rings. The van der Waals surface area contributed by atoms with Crippen LogP contribution in [0.4, 0.5) is 0 Å². The molecule has 7 heteroatoms. The highest BCUT2D eigenvalue weighted by Gasteiger charge is 2.39. The zero-order valence-corrected chi connectivity index (χ0v) is 11.0. The highest BCUT2D eigenvalue weighted by molar-refractivity contribution is 7.88. The third kappa shape index (κ3) is 2.36. The number of aromatic nitrogens is 2. The molecule has 1 fully saturated rings. The molecule has 1 aliphatic rings. The van der Waals surface area contributed by atoms with Crippen molar-refractivity contribution in [3.8, 4) is 0 Å². The fourth-order valence-corrected chi connectivity index (χ4v) is 3.04. The van der Waals surface area contributed by atoms with Crippen molar-refractivity contribution in [2.24, 2.45) is 0 Å². The quantitative estimate of drug-likeness (QED) is 0.824. The Morgan fingerprint density at radius 3 is 2.82 bits per heavy atom. The average molecular weight is 259 g/mol. The number of aromatic amines is 1. The molecule has 6 nitrogen and oxygen atoms in total. The van der Waals surface area contributed by atoms with Gasteiger partial charge in [-0.15, -0.1) is 0 Å². The van der Waals surface area contributed by atoms with Crippen molar-refractivity contribution < 1.29 is 13.2 Å². The SMILES string of the molecule is Cc1cn[nH]c1[C@]1(C)CN(S(C)(=O)=O)CCO1. The molecule has 1 saturated heterocycles. The van der Waals surface area contributed by atoms with Crippen molar-refractivity contribution in [1.82, 2.24) is 14.5 Å². The van der Waals surface area contributed by atoms with Crippen molar-refractivity contribution in [3.63, 3.8) is 0 Å². The molecule has 1 N–H and O–H groups in total. The molecule has 0 aliphatic carbocycles. The summed E-state index contributed by atoms with van der Waals surface area (Å²) < 4.78 is 30.3. The third-order valence-electron chi connectivity index (χ3n) is 3.07. The molecule has 0 bridgehead atoms. The van der Waals surface area contributed by atoms with Crippen molar-refractivity contribution in [2.75, 3.05) is 26.0 Å². The lowest BCUT2D eigenvalue weighted by atomic mass is 9.98. The minimum absolute atomic E-state index is 0.314. The van der Waals surface area contributed by atoms with E-state index in [2.05, 4.69) is 10.2 Å². The Labute approximate surface area is 101 Å². The van der Waals surface area contributed by atoms with Gasteiger partial charge in [0.1, 0.15) is 5.60 Å². The van der Waals surface area contributed by atoms with E-state index in [9.17, 15) is 8.42 Å². The maximum Gasteiger partial charge on any atom is 0.211 e. The minimum atomic E-state index is -3.18. The van der Waals surface area contributed by atoms with E-state index in [0.717, 1.165) is 11.3 Å². The Morgan fingerprint density at radius 1 is 1.59 bits per heavy atom. The summed E-state index contributed by atoms with van der Waals surface area (Å²) in [5.74, 6) is 0. The molecule has 1 aliphatic heterocycles. The number of H-pyrrole nitrogens is 1. The first kappa shape index (κ1) is 12.5. The molecule has 0 amide bonds. The normalized spacial score (nSPS) is 27.2. The van der Waals surface area contributed by atoms with Crippen LogP contribution in [-0.2, 0) is 20.4 Å². The fraction of sp³-hybridized carbons (Fsp3) is 0.700. The lowest BCUT2D eigenvalue weighted by Crippen LogP contribution is -2.50. The van der Waals surface area contributed by atoms with Crippen LogP contribution in [0.15, 0.2) is 6.20 Å². The van der Waals surface area contributed by atoms with Gasteiger partial charge in [-0.2, -0.15) is 9.40 Å². The summed E-state index contributed by atoms with van der Waals surface area (Å²) in [5, 5.41) is 6.85. The van der Waals surface area contributed by atoms with Crippen molar-refractivity contribution in [3.05, 3.63) is 17.5 Å². The number of nitrogens with zero attached hydrogens (tertiary/aromatic N) is 2. The Kier molecular flexibility index (Phi) is 3.01. The van der Waals surface area contributed by atoms with E-state index in [4.69, 9.17) is 4.74 Å². The first-order valence-corrected chi connectivity index (χ1v) is 7.27. The van der Waals surface area contributed by atoms with E-state index in [-0.39, 0.29) is 0 Å². The first-order chi connectivity index (χ1) is 7.83. The summed E-state index contributed by atoms with van der Waals surface area (Å²) in [7, 11) is -3.18. The predicted octanol–water partition coefficient (Wildman–Crippen LogP) is 0.225. The second kappa shape index (κ2) is 4.08. The van der Waals surface area contributed by atoms with Crippen LogP contribution in [0.25, 0.3) is 0 Å². The molecule has 2 rings (SSSR count). The highest BCUT2D eigenvalue weighted by atomic mass is 32.2. The zero-order valence-electron chi connectivity index (χ0n) is 10.2. The van der Waals surface area contributed by atoms with Crippen LogP contribution in [-0.4, -0.2) is 48.9 Å². The van der Waals surface area contributed by atoms with E-state index in [1.807, 2.05) is 13.8 Å². The molecule has 17 heavy (non-hydrogen) atoms. The van der Waals surface area contributed by atoms with Crippen LogP contribution in [0.1, 0.15) is 18.2 Å². The first-order valence-electron chi connectivity index (χ1n) is 5.42. The number of hydrogen-bond acceptors (Lipinski definition) is 4. The number of ether oxygens (including phenoxy) is 1. The smallest absolute Gasteiger partial charge is 0.211 e. The maximum absolute atomic E-state index is 11.6. The maximum atomic E-state index is 11.6. The van der Waals surface area contributed by atoms with Gasteiger partial charge in [-0.3, -0.25) is 5.10 Å². The lowest BCUT2D eigenvalue weighted by Gasteiger charge is -2.38. The molecule has 1 aromatic heterocycles. The molecule has 0 unspecified atom stereocenters. The van der Waals surface area contributed by atoms with E-state index < -0.39 is 15.6 Å². The summed E-state index contributed by atoms with van der Waals surface area (Å²) in [6.07, 6.45) is 2.93. The molecule has 2 heterocycles. The predicted molar refractivity (Wildman–Crippen MR) is 63.0 cm³/mol. The molecule has 96 valence electrons. The van der Waals surface area contributed by atoms with Gasteiger partial charge in [-0.1, -0.05) is 0 Å². The summed E-state index contributed by atoms with van der Waals surface area (Å²) >= 11 is 0. The number of hydrogen-bond donors (Lipinski definition) is 1. The molecular formula is C10H17N3O3S. The summed E-state index contributed by atoms with van der Waals surface area (Å²) in [4.78, 5) is 0. The largest absolute Gasteiger partial charge is 0.366 e. The van der Waals surface area contributed by atoms with Gasteiger partial charge in [0.15, 0.2) is 0 Å². The monoisotopic (exact) mass is 259 g/mol. The van der Waals surface area contributed by atoms with Crippen LogP contribution in [0.2, 0.25) is 0 Å². The summed E-state index contributed by atoms with van der Waals surface area (Å²) in [6, 6.07) is 0. The van der Waals surface area contributed by atoms with Crippen molar-refractivity contribution >= 4 is 10.0 Å². The Morgan fingerprint density at radius 2 is 2.29 bits per heavy atom. The van der Waals surface area contributed by atoms with Crippen LogP contribution in [0, 0.1) is 6.92 Å². The molecule has 0 spiro atoms. The van der Waals surface area contributed by atoms with Gasteiger partial charge in [0.05, 0.1) is 24.8 Å². The lowest BCUT2D eigenvalue weighted by molar-refractivity contribution is -0.0848. The molecule has 0 radical (unpaired) electrons. The van der Waals surface area contributed by atoms with Crippen molar-refractivity contribution in [1.29, 1.82) is 0 Å². The van der Waals surface area contributed by atoms with E-state index in [0.29, 0.717) is 19.7 Å². The number of sulfonamides is 1. The van der Waals surface area contributed by atoms with Gasteiger partial charge in [0.25, 0.3) is 0 Å². The zero-order chi connectivity index (χ0) is 12.7. The topological polar surface area (TPSA) is 75.3 Å². The van der Waals surface area contributed by atoms with Gasteiger partial charge in [-0.25, -0.2) is 8.42 Å². The second-order valence-corrected chi connectivity index (χ2v) is 6.59. The highest BCUT2D eigenvalue weighted by Crippen LogP contribution is 2.30. The summed E-state index contributed by atoms with van der Waals surface area (Å²) in [6.45, 7) is 4.91. The van der Waals surface area contributed by atoms with Gasteiger partial charge < -0.3 is 4.74 Å². The van der Waals surface area contributed by atoms with Gasteiger partial charge in [-0.05, 0) is 19.4 Å². The van der Waals surface area contributed by atoms with Crippen LogP contribution < -0.4 is 0 Å². The van der Waals surface area contributed by atoms with Crippen LogP contribution in [0.3, 0.4) is 0 Å². The van der Waals surface area contributed by atoms with Crippen LogP contribution in [0.5, 0.6) is 0 Å². The minimum Gasteiger partial charge on any atom is -0.366 e. The second-order valence-electron chi connectivity index (χ2n) is 4.60. The van der Waals surface area contributed by atoms with Crippen molar-refractivity contribution in [2.45, 2.75) is 19.4 Å². The number of morpholine rings is 1. The number of nitrogens with one attached hydrogen (secondary N) is 1. The van der Waals surface area contributed by atoms with Gasteiger partial charge in [0.2, 0.25) is 10.0 Å². The average Bonchev–Trinajstić information content (AvgIpc) is 2.64. The van der Waals surface area contributed by atoms with E-state index in [1.54, 1.807) is 6.20 Å².